The third-order valence-corrected chi connectivity index (χ3v) is 3.60. The normalized spacial score (nSPS) is 10.8. The largest absolute Gasteiger partial charge is 0.396 e. The number of aliphatic hydroxyl groups excluding tert-OH is 1. The lowest BCUT2D eigenvalue weighted by atomic mass is 10.1. The molecule has 0 saturated carbocycles. The highest BCUT2D eigenvalue weighted by Crippen LogP contribution is 2.05. The zero-order valence-corrected chi connectivity index (χ0v) is 11.8. The number of ether oxygens (including phenoxy) is 1. The minimum Gasteiger partial charge on any atom is -0.396 e. The van der Waals surface area contributed by atoms with E-state index in [0.29, 0.717) is 13.2 Å². The van der Waals surface area contributed by atoms with Gasteiger partial charge in [0.15, 0.2) is 0 Å². The molecule has 0 heterocycles. The second kappa shape index (κ2) is 10.4. The highest BCUT2D eigenvalue weighted by molar-refractivity contribution is 7.99. The van der Waals surface area contributed by atoms with E-state index in [4.69, 9.17) is 9.84 Å². The maximum Gasteiger partial charge on any atom is 0.0713 e. The molecule has 0 fully saturated rings. The molecule has 0 aromatic heterocycles. The molecule has 0 aliphatic rings. The second-order valence-corrected chi connectivity index (χ2v) is 5.34. The van der Waals surface area contributed by atoms with Gasteiger partial charge in [0.2, 0.25) is 0 Å². The van der Waals surface area contributed by atoms with E-state index >= 15 is 0 Å². The van der Waals surface area contributed by atoms with Gasteiger partial charge in [0.1, 0.15) is 0 Å². The number of thioether (sulfide) groups is 1. The number of methoxy groups -OCH3 is 1. The number of rotatable bonds is 10. The average molecular weight is 269 g/mol. The molecule has 0 amide bonds. The molecule has 0 aliphatic heterocycles. The van der Waals surface area contributed by atoms with Crippen molar-refractivity contribution in [3.8, 4) is 0 Å². The van der Waals surface area contributed by atoms with E-state index in [1.54, 1.807) is 7.11 Å². The van der Waals surface area contributed by atoms with Crippen LogP contribution < -0.4 is 5.32 Å². The quantitative estimate of drug-likeness (QED) is 0.638. The van der Waals surface area contributed by atoms with Gasteiger partial charge in [-0.15, -0.1) is 0 Å². The van der Waals surface area contributed by atoms with Crippen molar-refractivity contribution in [1.82, 2.24) is 5.32 Å². The summed E-state index contributed by atoms with van der Waals surface area (Å²) in [7, 11) is 1.71. The first-order valence-corrected chi connectivity index (χ1v) is 7.48. The van der Waals surface area contributed by atoms with Gasteiger partial charge in [-0.25, -0.2) is 0 Å². The maximum atomic E-state index is 8.64. The number of benzene rings is 1. The smallest absolute Gasteiger partial charge is 0.0713 e. The molecule has 1 aromatic rings. The van der Waals surface area contributed by atoms with Crippen molar-refractivity contribution in [2.75, 3.05) is 31.8 Å². The zero-order chi connectivity index (χ0) is 13.1. The molecule has 18 heavy (non-hydrogen) atoms. The summed E-state index contributed by atoms with van der Waals surface area (Å²) in [6.07, 6.45) is 0.894. The average Bonchev–Trinajstić information content (AvgIpc) is 2.40. The first-order valence-electron chi connectivity index (χ1n) is 6.33. The van der Waals surface area contributed by atoms with E-state index in [0.717, 1.165) is 31.0 Å². The molecule has 0 saturated heterocycles. The van der Waals surface area contributed by atoms with Crippen LogP contribution in [-0.2, 0) is 17.9 Å². The van der Waals surface area contributed by atoms with Crippen molar-refractivity contribution in [1.29, 1.82) is 0 Å². The van der Waals surface area contributed by atoms with Crippen molar-refractivity contribution in [2.24, 2.45) is 0 Å². The summed E-state index contributed by atoms with van der Waals surface area (Å²) >= 11 is 1.88. The molecular formula is C14H23NO2S. The summed E-state index contributed by atoms with van der Waals surface area (Å²) in [5.41, 5.74) is 2.51. The Kier molecular flexibility index (Phi) is 8.94. The summed E-state index contributed by atoms with van der Waals surface area (Å²) in [6, 6.07) is 8.49. The summed E-state index contributed by atoms with van der Waals surface area (Å²) < 4.78 is 5.08. The fourth-order valence-electron chi connectivity index (χ4n) is 1.57. The molecule has 1 rings (SSSR count). The van der Waals surface area contributed by atoms with Crippen LogP contribution in [0.4, 0.5) is 0 Å². The lowest BCUT2D eigenvalue weighted by Crippen LogP contribution is -2.16. The molecule has 1 aromatic carbocycles. The van der Waals surface area contributed by atoms with Gasteiger partial charge in [-0.05, 0) is 23.3 Å². The molecule has 4 heteroatoms. The summed E-state index contributed by atoms with van der Waals surface area (Å²) in [6.45, 7) is 2.90. The van der Waals surface area contributed by atoms with Crippen molar-refractivity contribution < 1.29 is 9.84 Å². The molecule has 0 unspecified atom stereocenters. The van der Waals surface area contributed by atoms with Crippen LogP contribution in [0.1, 0.15) is 17.5 Å². The summed E-state index contributed by atoms with van der Waals surface area (Å²) in [4.78, 5) is 0. The van der Waals surface area contributed by atoms with E-state index in [2.05, 4.69) is 29.6 Å². The minimum atomic E-state index is 0.300. The number of hydrogen-bond donors (Lipinski definition) is 2. The van der Waals surface area contributed by atoms with E-state index < -0.39 is 0 Å². The Balaban J connectivity index is 2.08. The molecular weight excluding hydrogens is 246 g/mol. The van der Waals surface area contributed by atoms with Crippen molar-refractivity contribution in [3.63, 3.8) is 0 Å². The molecule has 102 valence electrons. The molecule has 0 atom stereocenters. The summed E-state index contributed by atoms with van der Waals surface area (Å²) in [5, 5.41) is 12.1. The third-order valence-electron chi connectivity index (χ3n) is 2.53. The molecule has 3 nitrogen and oxygen atoms in total. The van der Waals surface area contributed by atoms with Crippen LogP contribution in [-0.4, -0.2) is 36.9 Å². The number of nitrogens with one attached hydrogen (secondary N) is 1. The second-order valence-electron chi connectivity index (χ2n) is 4.12. The lowest BCUT2D eigenvalue weighted by molar-refractivity contribution is 0.185. The van der Waals surface area contributed by atoms with Gasteiger partial charge in [0.05, 0.1) is 6.61 Å². The van der Waals surface area contributed by atoms with Gasteiger partial charge in [-0.1, -0.05) is 24.3 Å². The molecule has 0 aliphatic carbocycles. The van der Waals surface area contributed by atoms with Gasteiger partial charge in [0.25, 0.3) is 0 Å². The molecule has 0 radical (unpaired) electrons. The minimum absolute atomic E-state index is 0.300. The van der Waals surface area contributed by atoms with Crippen molar-refractivity contribution in [2.45, 2.75) is 19.6 Å². The van der Waals surface area contributed by atoms with Crippen LogP contribution in [0.25, 0.3) is 0 Å². The van der Waals surface area contributed by atoms with Crippen LogP contribution in [0.3, 0.4) is 0 Å². The fraction of sp³-hybridized carbons (Fsp3) is 0.571. The SMILES string of the molecule is COCc1ccc(CNCCSCCCO)cc1. The Labute approximate surface area is 114 Å². The van der Waals surface area contributed by atoms with Crippen LogP contribution in [0.15, 0.2) is 24.3 Å². The van der Waals surface area contributed by atoms with Gasteiger partial charge in [-0.2, -0.15) is 11.8 Å². The standard InChI is InChI=1S/C14H23NO2S/c1-17-12-14-5-3-13(4-6-14)11-15-7-10-18-9-2-8-16/h3-6,15-16H,2,7-12H2,1H3. The topological polar surface area (TPSA) is 41.5 Å². The van der Waals surface area contributed by atoms with Crippen molar-refractivity contribution >= 4 is 11.8 Å². The maximum absolute atomic E-state index is 8.64. The highest BCUT2D eigenvalue weighted by Gasteiger charge is 1.95. The van der Waals surface area contributed by atoms with Crippen LogP contribution >= 0.6 is 11.8 Å². The van der Waals surface area contributed by atoms with Crippen LogP contribution in [0.5, 0.6) is 0 Å². The van der Waals surface area contributed by atoms with Gasteiger partial charge in [0, 0.05) is 32.6 Å². The third kappa shape index (κ3) is 7.01. The van der Waals surface area contributed by atoms with Crippen LogP contribution in [0, 0.1) is 0 Å². The summed E-state index contributed by atoms with van der Waals surface area (Å²) in [5.74, 6) is 2.14. The Morgan fingerprint density at radius 2 is 1.89 bits per heavy atom. The van der Waals surface area contributed by atoms with E-state index in [9.17, 15) is 0 Å². The Morgan fingerprint density at radius 1 is 1.17 bits per heavy atom. The Morgan fingerprint density at radius 3 is 2.56 bits per heavy atom. The Hall–Kier alpha value is -0.550. The molecule has 0 spiro atoms. The van der Waals surface area contributed by atoms with Gasteiger partial charge < -0.3 is 15.2 Å². The predicted octanol–water partition coefficient (Wildman–Crippen LogP) is 2.04. The van der Waals surface area contributed by atoms with E-state index in [-0.39, 0.29) is 0 Å². The number of aliphatic hydroxyl groups is 1. The number of hydrogen-bond acceptors (Lipinski definition) is 4. The van der Waals surface area contributed by atoms with E-state index in [1.165, 1.54) is 11.1 Å². The van der Waals surface area contributed by atoms with Gasteiger partial charge >= 0.3 is 0 Å². The van der Waals surface area contributed by atoms with E-state index in [1.807, 2.05) is 11.8 Å². The molecule has 2 N–H and O–H groups in total. The molecule has 0 bridgehead atoms. The first-order chi connectivity index (χ1) is 8.86. The zero-order valence-electron chi connectivity index (χ0n) is 11.0. The van der Waals surface area contributed by atoms with Crippen molar-refractivity contribution in [3.05, 3.63) is 35.4 Å². The Bertz CT molecular complexity index is 303. The first kappa shape index (κ1) is 15.5. The highest BCUT2D eigenvalue weighted by atomic mass is 32.2. The predicted molar refractivity (Wildman–Crippen MR) is 77.9 cm³/mol. The lowest BCUT2D eigenvalue weighted by Gasteiger charge is -2.06. The fourth-order valence-corrected chi connectivity index (χ4v) is 2.39. The van der Waals surface area contributed by atoms with Crippen LogP contribution in [0.2, 0.25) is 0 Å². The monoisotopic (exact) mass is 269 g/mol. The van der Waals surface area contributed by atoms with Gasteiger partial charge in [-0.3, -0.25) is 0 Å².